The molecule has 0 saturated carbocycles. The number of hydrogen-bond acceptors (Lipinski definition) is 4. The first-order chi connectivity index (χ1) is 25.7. The van der Waals surface area contributed by atoms with Crippen molar-refractivity contribution in [2.24, 2.45) is 0 Å². The van der Waals surface area contributed by atoms with E-state index >= 15 is 0 Å². The predicted octanol–water partition coefficient (Wildman–Crippen LogP) is 12.8. The lowest BCUT2D eigenvalue weighted by Crippen LogP contribution is -2.00. The number of benzene rings is 7. The number of fused-ring (bicyclic) bond motifs is 4. The summed E-state index contributed by atoms with van der Waals surface area (Å²) in [5.41, 5.74) is 9.91. The van der Waals surface area contributed by atoms with Crippen molar-refractivity contribution in [2.75, 3.05) is 0 Å². The molecule has 52 heavy (non-hydrogen) atoms. The summed E-state index contributed by atoms with van der Waals surface area (Å²) in [4.78, 5) is 15.3. The lowest BCUT2D eigenvalue weighted by molar-refractivity contribution is 0.670. The molecule has 0 aliphatic rings. The van der Waals surface area contributed by atoms with Gasteiger partial charge in [-0.1, -0.05) is 170 Å². The maximum absolute atomic E-state index is 6.58. The summed E-state index contributed by atoms with van der Waals surface area (Å²) in [7, 11) is 0. The zero-order chi connectivity index (χ0) is 34.9. The molecule has 4 nitrogen and oxygen atoms in total. The molecule has 2 aromatic heterocycles. The Morgan fingerprint density at radius 1 is 0.462 bits per heavy atom. The minimum Gasteiger partial charge on any atom is -0.455 e. The summed E-state index contributed by atoms with van der Waals surface area (Å²) >= 11 is 0. The third-order valence-corrected chi connectivity index (χ3v) is 9.47. The SMILES string of the molecule is C/C=C\C=C/c1ccc(-c2nc(-c3ccc(-c4ccc5ccccc5c4)cc3)nc(-c3cccc4oc5c(-c6ccccc6)cccc5c34)n2)cc1. The van der Waals surface area contributed by atoms with E-state index in [1.54, 1.807) is 0 Å². The lowest BCUT2D eigenvalue weighted by atomic mass is 10.00. The van der Waals surface area contributed by atoms with Gasteiger partial charge in [0.15, 0.2) is 17.5 Å². The number of aromatic nitrogens is 3. The molecule has 0 atom stereocenters. The van der Waals surface area contributed by atoms with Gasteiger partial charge in [-0.25, -0.2) is 15.0 Å². The van der Waals surface area contributed by atoms with E-state index in [9.17, 15) is 0 Å². The van der Waals surface area contributed by atoms with E-state index in [1.807, 2.05) is 43.4 Å². The Morgan fingerprint density at radius 2 is 1.10 bits per heavy atom. The number of furan rings is 1. The molecule has 9 rings (SSSR count). The summed E-state index contributed by atoms with van der Waals surface area (Å²) in [6.45, 7) is 2.01. The maximum Gasteiger partial charge on any atom is 0.164 e. The molecule has 0 aliphatic carbocycles. The molecule has 2 heterocycles. The van der Waals surface area contributed by atoms with Crippen LogP contribution in [-0.4, -0.2) is 15.0 Å². The van der Waals surface area contributed by atoms with E-state index in [0.717, 1.165) is 60.9 Å². The fourth-order valence-corrected chi connectivity index (χ4v) is 6.84. The number of hydrogen-bond donors (Lipinski definition) is 0. The maximum atomic E-state index is 6.58. The predicted molar refractivity (Wildman–Crippen MR) is 216 cm³/mol. The zero-order valence-corrected chi connectivity index (χ0v) is 28.6. The summed E-state index contributed by atoms with van der Waals surface area (Å²) in [5, 5.41) is 4.45. The molecule has 0 unspecified atom stereocenters. The highest BCUT2D eigenvalue weighted by molar-refractivity contribution is 6.15. The van der Waals surface area contributed by atoms with Crippen molar-refractivity contribution < 1.29 is 4.42 Å². The normalized spacial score (nSPS) is 11.8. The Hall–Kier alpha value is -6.91. The Kier molecular flexibility index (Phi) is 8.03. The van der Waals surface area contributed by atoms with Crippen LogP contribution < -0.4 is 0 Å². The Morgan fingerprint density at radius 3 is 1.87 bits per heavy atom. The van der Waals surface area contributed by atoms with Crippen LogP contribution in [0.4, 0.5) is 0 Å². The lowest BCUT2D eigenvalue weighted by Gasteiger charge is -2.10. The molecule has 7 aromatic carbocycles. The van der Waals surface area contributed by atoms with Gasteiger partial charge in [0.05, 0.1) is 0 Å². The first kappa shape index (κ1) is 31.1. The van der Waals surface area contributed by atoms with Crippen LogP contribution in [0.15, 0.2) is 180 Å². The van der Waals surface area contributed by atoms with Gasteiger partial charge in [0.25, 0.3) is 0 Å². The third kappa shape index (κ3) is 5.86. The van der Waals surface area contributed by atoms with Gasteiger partial charge in [0.1, 0.15) is 11.2 Å². The van der Waals surface area contributed by atoms with Gasteiger partial charge in [-0.15, -0.1) is 0 Å². The van der Waals surface area contributed by atoms with Crippen LogP contribution in [0, 0.1) is 0 Å². The summed E-state index contributed by atoms with van der Waals surface area (Å²) < 4.78 is 6.58. The first-order valence-corrected chi connectivity index (χ1v) is 17.5. The smallest absolute Gasteiger partial charge is 0.164 e. The highest BCUT2D eigenvalue weighted by Gasteiger charge is 2.19. The molecule has 0 fully saturated rings. The Balaban J connectivity index is 1.19. The van der Waals surface area contributed by atoms with Crippen LogP contribution in [0.5, 0.6) is 0 Å². The van der Waals surface area contributed by atoms with Gasteiger partial charge in [0.2, 0.25) is 0 Å². The quantitative estimate of drug-likeness (QED) is 0.159. The minimum atomic E-state index is 0.592. The topological polar surface area (TPSA) is 51.8 Å². The fourth-order valence-electron chi connectivity index (χ4n) is 6.84. The molecule has 0 spiro atoms. The van der Waals surface area contributed by atoms with Crippen molar-refractivity contribution in [3.63, 3.8) is 0 Å². The van der Waals surface area contributed by atoms with E-state index in [1.165, 1.54) is 16.3 Å². The van der Waals surface area contributed by atoms with Crippen molar-refractivity contribution in [3.05, 3.63) is 182 Å². The molecule has 4 heteroatoms. The number of rotatable bonds is 7. The Bertz CT molecular complexity index is 2780. The van der Waals surface area contributed by atoms with Gasteiger partial charge in [-0.2, -0.15) is 0 Å². The molecule has 0 amide bonds. The molecule has 9 aromatic rings. The molecule has 246 valence electrons. The largest absolute Gasteiger partial charge is 0.455 e. The standard InChI is InChI=1S/C48H33N3O/c1-2-3-5-12-32-21-23-36(24-22-32)46-49-47(37-28-25-34(26-29-37)39-30-27-33-13-8-9-16-38(33)31-39)51-48(50-46)42-19-11-20-43-44(42)41-18-10-17-40(45(41)52-43)35-14-6-4-7-15-35/h2-31H,1H3/b3-2-,12-5-. The summed E-state index contributed by atoms with van der Waals surface area (Å²) in [6, 6.07) is 54.6. The van der Waals surface area contributed by atoms with Gasteiger partial charge in [-0.3, -0.25) is 0 Å². The molecule has 0 bridgehead atoms. The molecule has 0 N–H and O–H groups in total. The average molecular weight is 668 g/mol. The van der Waals surface area contributed by atoms with Crippen LogP contribution >= 0.6 is 0 Å². The fraction of sp³-hybridized carbons (Fsp3) is 0.0208. The summed E-state index contributed by atoms with van der Waals surface area (Å²) in [5.74, 6) is 1.81. The average Bonchev–Trinajstić information content (AvgIpc) is 3.61. The first-order valence-electron chi connectivity index (χ1n) is 17.5. The van der Waals surface area contributed by atoms with Gasteiger partial charge < -0.3 is 4.42 Å². The van der Waals surface area contributed by atoms with Gasteiger partial charge >= 0.3 is 0 Å². The molecular formula is C48H33N3O. The Labute approximate surface area is 302 Å². The molecule has 0 aliphatic heterocycles. The van der Waals surface area contributed by atoms with Crippen molar-refractivity contribution >= 4 is 38.8 Å². The summed E-state index contributed by atoms with van der Waals surface area (Å²) in [6.07, 6.45) is 8.15. The molecular weight excluding hydrogens is 635 g/mol. The van der Waals surface area contributed by atoms with E-state index in [0.29, 0.717) is 17.5 Å². The van der Waals surface area contributed by atoms with Crippen LogP contribution in [0.3, 0.4) is 0 Å². The van der Waals surface area contributed by atoms with Crippen molar-refractivity contribution in [3.8, 4) is 56.4 Å². The number of nitrogens with zero attached hydrogens (tertiary/aromatic N) is 3. The van der Waals surface area contributed by atoms with Crippen LogP contribution in [-0.2, 0) is 0 Å². The zero-order valence-electron chi connectivity index (χ0n) is 28.6. The second-order valence-electron chi connectivity index (χ2n) is 12.8. The van der Waals surface area contributed by atoms with Crippen molar-refractivity contribution in [1.29, 1.82) is 0 Å². The molecule has 0 saturated heterocycles. The van der Waals surface area contributed by atoms with E-state index in [2.05, 4.69) is 146 Å². The van der Waals surface area contributed by atoms with Gasteiger partial charge in [0, 0.05) is 33.0 Å². The van der Waals surface area contributed by atoms with Crippen LogP contribution in [0.1, 0.15) is 12.5 Å². The minimum absolute atomic E-state index is 0.592. The third-order valence-electron chi connectivity index (χ3n) is 9.47. The van der Waals surface area contributed by atoms with Gasteiger partial charge in [-0.05, 0) is 52.1 Å². The van der Waals surface area contributed by atoms with E-state index in [4.69, 9.17) is 19.4 Å². The van der Waals surface area contributed by atoms with Crippen LogP contribution in [0.25, 0.3) is 95.2 Å². The van der Waals surface area contributed by atoms with Crippen LogP contribution in [0.2, 0.25) is 0 Å². The van der Waals surface area contributed by atoms with Crippen molar-refractivity contribution in [2.45, 2.75) is 6.92 Å². The number of para-hydroxylation sites is 1. The second kappa shape index (κ2) is 13.4. The highest BCUT2D eigenvalue weighted by atomic mass is 16.3. The van der Waals surface area contributed by atoms with Crippen molar-refractivity contribution in [1.82, 2.24) is 15.0 Å². The van der Waals surface area contributed by atoms with E-state index in [-0.39, 0.29) is 0 Å². The number of allylic oxidation sites excluding steroid dienone is 3. The monoisotopic (exact) mass is 667 g/mol. The molecule has 0 radical (unpaired) electrons. The van der Waals surface area contributed by atoms with E-state index < -0.39 is 0 Å². The second-order valence-corrected chi connectivity index (χ2v) is 12.8. The highest BCUT2D eigenvalue weighted by Crippen LogP contribution is 2.40.